The van der Waals surface area contributed by atoms with E-state index in [1.54, 1.807) is 6.92 Å². The molecule has 0 unspecified atom stereocenters. The van der Waals surface area contributed by atoms with Crippen LogP contribution in [0.15, 0.2) is 23.8 Å². The van der Waals surface area contributed by atoms with Gasteiger partial charge in [-0.3, -0.25) is 4.79 Å². The standard InChI is InChI=1S/C14H20N2O2/c1-8(2)18-12-6-5-11(7-9(12)3)13(15)10(4)14(16)17/h5-8H,15H2,1-4H3,(H2,16,17). The molecule has 4 heteroatoms. The average Bonchev–Trinajstić information content (AvgIpc) is 2.29. The van der Waals surface area contributed by atoms with E-state index in [2.05, 4.69) is 0 Å². The smallest absolute Gasteiger partial charge is 0.246 e. The molecule has 1 aromatic carbocycles. The summed E-state index contributed by atoms with van der Waals surface area (Å²) < 4.78 is 5.64. The Balaban J connectivity index is 3.12. The van der Waals surface area contributed by atoms with Gasteiger partial charge >= 0.3 is 0 Å². The minimum absolute atomic E-state index is 0.120. The Kier molecular flexibility index (Phi) is 4.37. The Labute approximate surface area is 108 Å². The first-order valence-corrected chi connectivity index (χ1v) is 5.86. The largest absolute Gasteiger partial charge is 0.491 e. The Morgan fingerprint density at radius 3 is 2.33 bits per heavy atom. The SMILES string of the molecule is CC(C(N)=O)=C(N)c1ccc(OC(C)C)c(C)c1. The lowest BCUT2D eigenvalue weighted by molar-refractivity contribution is -0.114. The normalized spacial score (nSPS) is 12.3. The van der Waals surface area contributed by atoms with Gasteiger partial charge in [0.15, 0.2) is 0 Å². The molecule has 1 amide bonds. The van der Waals surface area contributed by atoms with Crippen LogP contribution in [-0.2, 0) is 4.79 Å². The van der Waals surface area contributed by atoms with Crippen molar-refractivity contribution in [1.29, 1.82) is 0 Å². The number of benzene rings is 1. The highest BCUT2D eigenvalue weighted by Gasteiger charge is 2.09. The van der Waals surface area contributed by atoms with Gasteiger partial charge in [-0.1, -0.05) is 0 Å². The van der Waals surface area contributed by atoms with Crippen LogP contribution < -0.4 is 16.2 Å². The van der Waals surface area contributed by atoms with Crippen molar-refractivity contribution in [3.8, 4) is 5.75 Å². The molecule has 0 spiro atoms. The Morgan fingerprint density at radius 1 is 1.28 bits per heavy atom. The maximum atomic E-state index is 11.1. The van der Waals surface area contributed by atoms with Gasteiger partial charge in [0.2, 0.25) is 5.91 Å². The van der Waals surface area contributed by atoms with Crippen molar-refractivity contribution < 1.29 is 9.53 Å². The summed E-state index contributed by atoms with van der Waals surface area (Å²) in [4.78, 5) is 11.1. The van der Waals surface area contributed by atoms with Crippen molar-refractivity contribution in [3.05, 3.63) is 34.9 Å². The maximum Gasteiger partial charge on any atom is 0.246 e. The lowest BCUT2D eigenvalue weighted by Crippen LogP contribution is -2.16. The number of amides is 1. The van der Waals surface area contributed by atoms with Crippen LogP contribution in [0, 0.1) is 6.92 Å². The molecule has 0 saturated carbocycles. The summed E-state index contributed by atoms with van der Waals surface area (Å²) in [5.41, 5.74) is 13.6. The summed E-state index contributed by atoms with van der Waals surface area (Å²) in [5.74, 6) is 0.311. The van der Waals surface area contributed by atoms with Crippen LogP contribution in [0.2, 0.25) is 0 Å². The fourth-order valence-electron chi connectivity index (χ4n) is 1.55. The Bertz CT molecular complexity index is 491. The van der Waals surface area contributed by atoms with E-state index in [1.165, 1.54) is 0 Å². The summed E-state index contributed by atoms with van der Waals surface area (Å²) in [6.45, 7) is 7.50. The molecule has 98 valence electrons. The first kappa shape index (κ1) is 14.1. The molecule has 0 saturated heterocycles. The highest BCUT2D eigenvalue weighted by Crippen LogP contribution is 2.23. The fraction of sp³-hybridized carbons (Fsp3) is 0.357. The molecule has 0 aromatic heterocycles. The molecule has 4 N–H and O–H groups in total. The number of aryl methyl sites for hydroxylation is 1. The zero-order valence-electron chi connectivity index (χ0n) is 11.3. The van der Waals surface area contributed by atoms with Crippen molar-refractivity contribution >= 4 is 11.6 Å². The molecular weight excluding hydrogens is 228 g/mol. The van der Waals surface area contributed by atoms with Crippen LogP contribution in [0.4, 0.5) is 0 Å². The third-order valence-corrected chi connectivity index (χ3v) is 2.62. The number of hydrogen-bond donors (Lipinski definition) is 2. The van der Waals surface area contributed by atoms with E-state index < -0.39 is 5.91 Å². The average molecular weight is 248 g/mol. The molecule has 0 bridgehead atoms. The molecule has 1 rings (SSSR count). The number of primary amides is 1. The number of carbonyl (C=O) groups is 1. The van der Waals surface area contributed by atoms with Crippen LogP contribution in [0.5, 0.6) is 5.75 Å². The van der Waals surface area contributed by atoms with Gasteiger partial charge in [0.05, 0.1) is 6.10 Å². The van der Waals surface area contributed by atoms with Gasteiger partial charge in [0.25, 0.3) is 0 Å². The number of hydrogen-bond acceptors (Lipinski definition) is 3. The molecule has 0 fully saturated rings. The molecule has 18 heavy (non-hydrogen) atoms. The number of rotatable bonds is 4. The van der Waals surface area contributed by atoms with Gasteiger partial charge in [0.1, 0.15) is 5.75 Å². The number of carbonyl (C=O) groups excluding carboxylic acids is 1. The topological polar surface area (TPSA) is 78.3 Å². The summed E-state index contributed by atoms with van der Waals surface area (Å²) in [5, 5.41) is 0. The van der Waals surface area contributed by atoms with E-state index >= 15 is 0 Å². The second-order valence-electron chi connectivity index (χ2n) is 4.55. The molecule has 1 aromatic rings. The molecule has 0 aliphatic heterocycles. The van der Waals surface area contributed by atoms with Crippen LogP contribution in [0.3, 0.4) is 0 Å². The Hall–Kier alpha value is -1.97. The quantitative estimate of drug-likeness (QED) is 0.799. The molecule has 0 atom stereocenters. The van der Waals surface area contributed by atoms with Gasteiger partial charge < -0.3 is 16.2 Å². The lowest BCUT2D eigenvalue weighted by Gasteiger charge is -2.14. The fourth-order valence-corrected chi connectivity index (χ4v) is 1.55. The second kappa shape index (κ2) is 5.58. The highest BCUT2D eigenvalue weighted by molar-refractivity contribution is 5.98. The minimum atomic E-state index is -0.507. The van der Waals surface area contributed by atoms with Gasteiger partial charge in [-0.15, -0.1) is 0 Å². The van der Waals surface area contributed by atoms with Crippen molar-refractivity contribution in [2.24, 2.45) is 11.5 Å². The van der Waals surface area contributed by atoms with E-state index in [9.17, 15) is 4.79 Å². The summed E-state index contributed by atoms with van der Waals surface area (Å²) in [6, 6.07) is 5.57. The van der Waals surface area contributed by atoms with E-state index in [-0.39, 0.29) is 6.10 Å². The van der Waals surface area contributed by atoms with Gasteiger partial charge in [-0.2, -0.15) is 0 Å². The van der Waals surface area contributed by atoms with Gasteiger partial charge in [-0.25, -0.2) is 0 Å². The number of ether oxygens (including phenoxy) is 1. The molecule has 0 heterocycles. The van der Waals surface area contributed by atoms with Gasteiger partial charge in [-0.05, 0) is 57.0 Å². The van der Waals surface area contributed by atoms with Crippen molar-refractivity contribution in [3.63, 3.8) is 0 Å². The second-order valence-corrected chi connectivity index (χ2v) is 4.55. The first-order chi connectivity index (χ1) is 8.32. The third kappa shape index (κ3) is 3.26. The molecular formula is C14H20N2O2. The van der Waals surface area contributed by atoms with Crippen LogP contribution in [0.25, 0.3) is 5.70 Å². The highest BCUT2D eigenvalue weighted by atomic mass is 16.5. The first-order valence-electron chi connectivity index (χ1n) is 5.86. The van der Waals surface area contributed by atoms with Crippen molar-refractivity contribution in [2.75, 3.05) is 0 Å². The molecule has 0 aliphatic rings. The van der Waals surface area contributed by atoms with Gasteiger partial charge in [0, 0.05) is 11.3 Å². The predicted molar refractivity (Wildman–Crippen MR) is 72.9 cm³/mol. The number of nitrogens with two attached hydrogens (primary N) is 2. The molecule has 4 nitrogen and oxygen atoms in total. The van der Waals surface area contributed by atoms with E-state index in [4.69, 9.17) is 16.2 Å². The maximum absolute atomic E-state index is 11.1. The van der Waals surface area contributed by atoms with Crippen LogP contribution >= 0.6 is 0 Å². The third-order valence-electron chi connectivity index (χ3n) is 2.62. The van der Waals surface area contributed by atoms with E-state index in [0.29, 0.717) is 11.3 Å². The molecule has 0 aliphatic carbocycles. The van der Waals surface area contributed by atoms with E-state index in [1.807, 2.05) is 39.0 Å². The van der Waals surface area contributed by atoms with E-state index in [0.717, 1.165) is 16.9 Å². The van der Waals surface area contributed by atoms with Crippen molar-refractivity contribution in [2.45, 2.75) is 33.8 Å². The van der Waals surface area contributed by atoms with Crippen LogP contribution in [0.1, 0.15) is 31.9 Å². The minimum Gasteiger partial charge on any atom is -0.491 e. The molecule has 0 radical (unpaired) electrons. The summed E-state index contributed by atoms with van der Waals surface area (Å²) in [7, 11) is 0. The lowest BCUT2D eigenvalue weighted by atomic mass is 10.0. The van der Waals surface area contributed by atoms with Crippen LogP contribution in [-0.4, -0.2) is 12.0 Å². The summed E-state index contributed by atoms with van der Waals surface area (Å²) >= 11 is 0. The zero-order valence-corrected chi connectivity index (χ0v) is 11.3. The summed E-state index contributed by atoms with van der Waals surface area (Å²) in [6.07, 6.45) is 0.120. The van der Waals surface area contributed by atoms with Crippen molar-refractivity contribution in [1.82, 2.24) is 0 Å². The Morgan fingerprint density at radius 2 is 1.89 bits per heavy atom. The zero-order chi connectivity index (χ0) is 13.9. The monoisotopic (exact) mass is 248 g/mol. The predicted octanol–water partition coefficient (Wildman–Crippen LogP) is 1.96.